The highest BCUT2D eigenvalue weighted by molar-refractivity contribution is 8.01. The molecule has 4 nitrogen and oxygen atoms in total. The van der Waals surface area contributed by atoms with Crippen LogP contribution in [-0.4, -0.2) is 43.9 Å². The van der Waals surface area contributed by atoms with Crippen LogP contribution in [0.4, 0.5) is 0 Å². The molecule has 0 saturated heterocycles. The number of thioether (sulfide) groups is 1. The van der Waals surface area contributed by atoms with Crippen molar-refractivity contribution in [1.82, 2.24) is 4.90 Å². The number of likely N-dealkylation sites (N-methyl/N-ethyl adjacent to an activating group) is 1. The zero-order valence-electron chi connectivity index (χ0n) is 14.8. The predicted octanol–water partition coefficient (Wildman–Crippen LogP) is 3.42. The maximum Gasteiger partial charge on any atom is 0.236 e. The fraction of sp³-hybridized carbons (Fsp3) is 0.350. The summed E-state index contributed by atoms with van der Waals surface area (Å²) in [5, 5.41) is -0.00666. The molecule has 132 valence electrons. The molecule has 0 unspecified atom stereocenters. The lowest BCUT2D eigenvalue weighted by Gasteiger charge is -2.20. The van der Waals surface area contributed by atoms with Gasteiger partial charge in [-0.15, -0.1) is 11.8 Å². The summed E-state index contributed by atoms with van der Waals surface area (Å²) in [4.78, 5) is 15.8. The number of carbonyl (C=O) groups excluding carboxylic acids is 1. The summed E-state index contributed by atoms with van der Waals surface area (Å²) < 4.78 is 10.6. The Morgan fingerprint density at radius 1 is 1.16 bits per heavy atom. The van der Waals surface area contributed by atoms with Crippen LogP contribution in [0.5, 0.6) is 11.5 Å². The Kier molecular flexibility index (Phi) is 5.53. The van der Waals surface area contributed by atoms with Gasteiger partial charge in [0.05, 0.1) is 19.5 Å². The van der Waals surface area contributed by atoms with Crippen LogP contribution in [-0.2, 0) is 17.6 Å². The zero-order chi connectivity index (χ0) is 17.8. The van der Waals surface area contributed by atoms with Gasteiger partial charge >= 0.3 is 0 Å². The molecule has 3 rings (SSSR count). The Morgan fingerprint density at radius 2 is 1.92 bits per heavy atom. The summed E-state index contributed by atoms with van der Waals surface area (Å²) in [6, 6.07) is 14.2. The third-order valence-electron chi connectivity index (χ3n) is 4.48. The number of carbonyl (C=O) groups is 1. The highest BCUT2D eigenvalue weighted by Crippen LogP contribution is 2.37. The van der Waals surface area contributed by atoms with E-state index in [1.54, 1.807) is 26.0 Å². The van der Waals surface area contributed by atoms with E-state index in [2.05, 4.69) is 12.1 Å². The minimum atomic E-state index is -0.00666. The van der Waals surface area contributed by atoms with E-state index in [0.29, 0.717) is 6.54 Å². The molecule has 0 bridgehead atoms. The normalized spacial score (nSPS) is 15.6. The second-order valence-corrected chi connectivity index (χ2v) is 7.36. The Bertz CT molecular complexity index is 737. The standard InChI is InChI=1S/C20H23NO3S/c1-21(11-10-14-8-9-16(23-2)17(12-14)24-3)20(22)19-13-15-6-4-5-7-18(15)25-19/h4-9,12,19H,10-11,13H2,1-3H3/t19-/m0/s1. The van der Waals surface area contributed by atoms with Gasteiger partial charge in [0.25, 0.3) is 0 Å². The van der Waals surface area contributed by atoms with E-state index >= 15 is 0 Å². The number of fused-ring (bicyclic) bond motifs is 1. The highest BCUT2D eigenvalue weighted by atomic mass is 32.2. The lowest BCUT2D eigenvalue weighted by atomic mass is 10.1. The molecule has 0 aromatic heterocycles. The van der Waals surface area contributed by atoms with Crippen molar-refractivity contribution < 1.29 is 14.3 Å². The lowest BCUT2D eigenvalue weighted by molar-refractivity contribution is -0.129. The van der Waals surface area contributed by atoms with E-state index in [0.717, 1.165) is 29.9 Å². The van der Waals surface area contributed by atoms with Crippen LogP contribution in [0.25, 0.3) is 0 Å². The number of benzene rings is 2. The molecule has 1 aliphatic rings. The molecule has 0 radical (unpaired) electrons. The molecule has 0 spiro atoms. The first-order chi connectivity index (χ1) is 12.1. The van der Waals surface area contributed by atoms with Gasteiger partial charge in [-0.3, -0.25) is 4.79 Å². The van der Waals surface area contributed by atoms with E-state index in [9.17, 15) is 4.79 Å². The number of hydrogen-bond acceptors (Lipinski definition) is 4. The molecule has 2 aromatic rings. The molecular weight excluding hydrogens is 334 g/mol. The maximum atomic E-state index is 12.7. The van der Waals surface area contributed by atoms with Crippen molar-refractivity contribution in [3.05, 3.63) is 53.6 Å². The number of nitrogens with zero attached hydrogens (tertiary/aromatic N) is 1. The number of rotatable bonds is 6. The van der Waals surface area contributed by atoms with Gasteiger partial charge in [-0.1, -0.05) is 24.3 Å². The molecule has 25 heavy (non-hydrogen) atoms. The fourth-order valence-corrected chi connectivity index (χ4v) is 4.32. The minimum Gasteiger partial charge on any atom is -0.493 e. The van der Waals surface area contributed by atoms with Crippen LogP contribution in [0.15, 0.2) is 47.4 Å². The van der Waals surface area contributed by atoms with Gasteiger partial charge < -0.3 is 14.4 Å². The second kappa shape index (κ2) is 7.83. The SMILES string of the molecule is COc1ccc(CCN(C)C(=O)[C@@H]2Cc3ccccc3S2)cc1OC. The molecule has 0 saturated carbocycles. The molecular formula is C20H23NO3S. The first-order valence-electron chi connectivity index (χ1n) is 8.33. The Labute approximate surface area is 153 Å². The van der Waals surface area contributed by atoms with Gasteiger partial charge in [-0.25, -0.2) is 0 Å². The largest absolute Gasteiger partial charge is 0.493 e. The van der Waals surface area contributed by atoms with Gasteiger partial charge in [-0.2, -0.15) is 0 Å². The number of hydrogen-bond donors (Lipinski definition) is 0. The van der Waals surface area contributed by atoms with Crippen LogP contribution in [0.2, 0.25) is 0 Å². The summed E-state index contributed by atoms with van der Waals surface area (Å²) in [7, 11) is 5.14. The van der Waals surface area contributed by atoms with E-state index in [1.807, 2.05) is 42.3 Å². The number of methoxy groups -OCH3 is 2. The molecule has 0 N–H and O–H groups in total. The number of ether oxygens (including phenoxy) is 2. The maximum absolute atomic E-state index is 12.7. The van der Waals surface area contributed by atoms with Crippen molar-refractivity contribution in [2.24, 2.45) is 0 Å². The molecule has 1 aliphatic heterocycles. The summed E-state index contributed by atoms with van der Waals surface area (Å²) in [5.41, 5.74) is 2.40. The van der Waals surface area contributed by atoms with E-state index in [1.165, 1.54) is 10.5 Å². The topological polar surface area (TPSA) is 38.8 Å². The van der Waals surface area contributed by atoms with Gasteiger partial charge in [0.15, 0.2) is 11.5 Å². The van der Waals surface area contributed by atoms with Crippen molar-refractivity contribution >= 4 is 17.7 Å². The van der Waals surface area contributed by atoms with Crippen molar-refractivity contribution in [2.45, 2.75) is 23.0 Å². The van der Waals surface area contributed by atoms with E-state index in [-0.39, 0.29) is 11.2 Å². The third-order valence-corrected chi connectivity index (χ3v) is 5.79. The minimum absolute atomic E-state index is 0.00666. The monoisotopic (exact) mass is 357 g/mol. The smallest absolute Gasteiger partial charge is 0.236 e. The average Bonchev–Trinajstić information content (AvgIpc) is 3.09. The molecule has 1 heterocycles. The first kappa shape index (κ1) is 17.7. The molecule has 1 atom stereocenters. The van der Waals surface area contributed by atoms with Crippen molar-refractivity contribution in [1.29, 1.82) is 0 Å². The van der Waals surface area contributed by atoms with Crippen molar-refractivity contribution in [3.8, 4) is 11.5 Å². The van der Waals surface area contributed by atoms with Crippen molar-refractivity contribution in [2.75, 3.05) is 27.8 Å². The fourth-order valence-electron chi connectivity index (χ4n) is 3.01. The van der Waals surface area contributed by atoms with E-state index in [4.69, 9.17) is 9.47 Å². The quantitative estimate of drug-likeness (QED) is 0.794. The van der Waals surface area contributed by atoms with Gasteiger partial charge in [0, 0.05) is 18.5 Å². The van der Waals surface area contributed by atoms with Gasteiger partial charge in [0.1, 0.15) is 0 Å². The van der Waals surface area contributed by atoms with Crippen LogP contribution >= 0.6 is 11.8 Å². The zero-order valence-corrected chi connectivity index (χ0v) is 15.6. The molecule has 0 fully saturated rings. The van der Waals surface area contributed by atoms with Gasteiger partial charge in [-0.05, 0) is 42.2 Å². The summed E-state index contributed by atoms with van der Waals surface area (Å²) in [6.45, 7) is 0.682. The Hall–Kier alpha value is -2.14. The van der Waals surface area contributed by atoms with Crippen LogP contribution in [0.1, 0.15) is 11.1 Å². The molecule has 2 aromatic carbocycles. The predicted molar refractivity (Wildman–Crippen MR) is 101 cm³/mol. The third kappa shape index (κ3) is 3.93. The van der Waals surface area contributed by atoms with Crippen LogP contribution in [0, 0.1) is 0 Å². The molecule has 0 aliphatic carbocycles. The highest BCUT2D eigenvalue weighted by Gasteiger charge is 2.29. The summed E-state index contributed by atoms with van der Waals surface area (Å²) in [5.74, 6) is 1.63. The van der Waals surface area contributed by atoms with E-state index < -0.39 is 0 Å². The molecule has 1 amide bonds. The van der Waals surface area contributed by atoms with Crippen LogP contribution < -0.4 is 9.47 Å². The van der Waals surface area contributed by atoms with Crippen molar-refractivity contribution in [3.63, 3.8) is 0 Å². The first-order valence-corrected chi connectivity index (χ1v) is 9.20. The second-order valence-electron chi connectivity index (χ2n) is 6.12. The molecule has 5 heteroatoms. The average molecular weight is 357 g/mol. The Balaban J connectivity index is 1.58. The summed E-state index contributed by atoms with van der Waals surface area (Å²) >= 11 is 1.68. The summed E-state index contributed by atoms with van der Waals surface area (Å²) in [6.07, 6.45) is 1.60. The Morgan fingerprint density at radius 3 is 2.64 bits per heavy atom. The lowest BCUT2D eigenvalue weighted by Crippen LogP contribution is -2.35. The number of amides is 1. The van der Waals surface area contributed by atoms with Crippen LogP contribution in [0.3, 0.4) is 0 Å². The van der Waals surface area contributed by atoms with Gasteiger partial charge in [0.2, 0.25) is 5.91 Å².